The Morgan fingerprint density at radius 1 is 1.43 bits per heavy atom. The molecule has 1 amide bonds. The largest absolute Gasteiger partial charge is 0.492 e. The first-order chi connectivity index (χ1) is 10.2. The summed E-state index contributed by atoms with van der Waals surface area (Å²) in [6.45, 7) is 3.36. The molecule has 0 aliphatic rings. The van der Waals surface area contributed by atoms with E-state index in [-0.39, 0.29) is 5.91 Å². The molecule has 0 radical (unpaired) electrons. The van der Waals surface area contributed by atoms with Crippen molar-refractivity contribution in [2.75, 3.05) is 37.5 Å². The Bertz CT molecular complexity index is 497. The summed E-state index contributed by atoms with van der Waals surface area (Å²) in [5.41, 5.74) is 1.44. The van der Waals surface area contributed by atoms with Gasteiger partial charge in [0.1, 0.15) is 5.75 Å². The van der Waals surface area contributed by atoms with Crippen molar-refractivity contribution in [3.05, 3.63) is 18.2 Å². The maximum Gasteiger partial charge on any atom is 0.226 e. The lowest BCUT2D eigenvalue weighted by molar-refractivity contribution is -0.117. The van der Waals surface area contributed by atoms with Gasteiger partial charge in [-0.25, -0.2) is 0 Å². The topological polar surface area (TPSA) is 83.4 Å². The van der Waals surface area contributed by atoms with Gasteiger partial charge in [-0.15, -0.1) is 0 Å². The second kappa shape index (κ2) is 9.61. The number of carbonyl (C=O) groups excluding carboxylic acids is 1. The molecule has 0 spiro atoms. The average molecular weight is 291 g/mol. The van der Waals surface area contributed by atoms with Crippen LogP contribution in [0, 0.1) is 11.3 Å². The van der Waals surface area contributed by atoms with Gasteiger partial charge in [0.2, 0.25) is 5.91 Å². The van der Waals surface area contributed by atoms with E-state index in [4.69, 9.17) is 14.7 Å². The van der Waals surface area contributed by atoms with Crippen LogP contribution < -0.4 is 15.4 Å². The number of carbonyl (C=O) groups is 1. The lowest BCUT2D eigenvalue weighted by atomic mass is 10.2. The van der Waals surface area contributed by atoms with Crippen LogP contribution in [0.2, 0.25) is 0 Å². The van der Waals surface area contributed by atoms with Crippen molar-refractivity contribution >= 4 is 17.3 Å². The Morgan fingerprint density at radius 3 is 2.90 bits per heavy atom. The van der Waals surface area contributed by atoms with Gasteiger partial charge in [-0.05, 0) is 25.1 Å². The first-order valence-electron chi connectivity index (χ1n) is 6.87. The summed E-state index contributed by atoms with van der Waals surface area (Å²) in [6, 6.07) is 7.45. The standard InChI is InChI=1S/C15H21N3O3/c1-3-21-14-6-5-12(18-15(19)7-10-20-2)11-13(14)17-9-4-8-16/h5-6,11,17H,3-4,7,9-10H2,1-2H3,(H,18,19). The molecule has 1 rings (SSSR count). The number of nitrogens with one attached hydrogen (secondary N) is 2. The van der Waals surface area contributed by atoms with E-state index in [2.05, 4.69) is 16.7 Å². The Balaban J connectivity index is 2.75. The number of nitrogens with zero attached hydrogens (tertiary/aromatic N) is 1. The van der Waals surface area contributed by atoms with Crippen LogP contribution in [0.25, 0.3) is 0 Å². The van der Waals surface area contributed by atoms with Crippen molar-refractivity contribution in [3.8, 4) is 11.8 Å². The minimum Gasteiger partial charge on any atom is -0.492 e. The van der Waals surface area contributed by atoms with Gasteiger partial charge < -0.3 is 20.1 Å². The van der Waals surface area contributed by atoms with Gasteiger partial charge >= 0.3 is 0 Å². The van der Waals surface area contributed by atoms with Gasteiger partial charge in [-0.3, -0.25) is 4.79 Å². The van der Waals surface area contributed by atoms with Crippen molar-refractivity contribution in [1.82, 2.24) is 0 Å². The number of hydrogen-bond acceptors (Lipinski definition) is 5. The Hall–Kier alpha value is -2.26. The molecule has 2 N–H and O–H groups in total. The highest BCUT2D eigenvalue weighted by Gasteiger charge is 2.07. The van der Waals surface area contributed by atoms with E-state index >= 15 is 0 Å². The summed E-state index contributed by atoms with van der Waals surface area (Å²) in [6.07, 6.45) is 0.705. The molecule has 0 unspecified atom stereocenters. The van der Waals surface area contributed by atoms with Gasteiger partial charge in [-0.2, -0.15) is 5.26 Å². The second-order valence-electron chi connectivity index (χ2n) is 4.27. The van der Waals surface area contributed by atoms with Crippen molar-refractivity contribution in [1.29, 1.82) is 5.26 Å². The molecule has 0 aliphatic heterocycles. The summed E-state index contributed by atoms with van der Waals surface area (Å²) < 4.78 is 10.4. The highest BCUT2D eigenvalue weighted by atomic mass is 16.5. The van der Waals surface area contributed by atoms with E-state index in [0.29, 0.717) is 44.0 Å². The maximum atomic E-state index is 11.7. The fourth-order valence-corrected chi connectivity index (χ4v) is 1.70. The van der Waals surface area contributed by atoms with E-state index < -0.39 is 0 Å². The van der Waals surface area contributed by atoms with Gasteiger partial charge in [0.25, 0.3) is 0 Å². The monoisotopic (exact) mass is 291 g/mol. The zero-order chi connectivity index (χ0) is 15.5. The van der Waals surface area contributed by atoms with Crippen molar-refractivity contribution in [3.63, 3.8) is 0 Å². The summed E-state index contributed by atoms with van der Waals surface area (Å²) in [5.74, 6) is 0.592. The number of ether oxygens (including phenoxy) is 2. The Labute approximate surface area is 125 Å². The molecule has 1 aromatic carbocycles. The molecule has 0 saturated heterocycles. The number of hydrogen-bond donors (Lipinski definition) is 2. The molecule has 114 valence electrons. The molecule has 1 aromatic rings. The SMILES string of the molecule is CCOc1ccc(NC(=O)CCOC)cc1NCCC#N. The maximum absolute atomic E-state index is 11.7. The molecule has 0 aromatic heterocycles. The molecule has 0 aliphatic carbocycles. The predicted molar refractivity (Wildman–Crippen MR) is 81.5 cm³/mol. The van der Waals surface area contributed by atoms with Crippen LogP contribution in [-0.2, 0) is 9.53 Å². The second-order valence-corrected chi connectivity index (χ2v) is 4.27. The molecule has 0 bridgehead atoms. The number of rotatable bonds is 9. The zero-order valence-corrected chi connectivity index (χ0v) is 12.4. The number of benzene rings is 1. The third-order valence-electron chi connectivity index (χ3n) is 2.65. The van der Waals surface area contributed by atoms with Crippen LogP contribution >= 0.6 is 0 Å². The van der Waals surface area contributed by atoms with E-state index in [1.807, 2.05) is 6.92 Å². The van der Waals surface area contributed by atoms with E-state index in [1.54, 1.807) is 25.3 Å². The molecule has 6 nitrogen and oxygen atoms in total. The molecule has 0 heterocycles. The number of anilines is 2. The zero-order valence-electron chi connectivity index (χ0n) is 12.4. The summed E-state index contributed by atoms with van der Waals surface area (Å²) in [5, 5.41) is 14.5. The number of nitriles is 1. The van der Waals surface area contributed by atoms with Crippen molar-refractivity contribution in [2.45, 2.75) is 19.8 Å². The quantitative estimate of drug-likeness (QED) is 0.682. The summed E-state index contributed by atoms with van der Waals surface area (Å²) in [7, 11) is 1.56. The summed E-state index contributed by atoms with van der Waals surface area (Å²) in [4.78, 5) is 11.7. The van der Waals surface area contributed by atoms with E-state index in [9.17, 15) is 4.79 Å². The minimum atomic E-state index is -0.107. The molecule has 0 fully saturated rings. The third-order valence-corrected chi connectivity index (χ3v) is 2.65. The number of methoxy groups -OCH3 is 1. The highest BCUT2D eigenvalue weighted by Crippen LogP contribution is 2.28. The molecule has 6 heteroatoms. The first-order valence-corrected chi connectivity index (χ1v) is 6.87. The van der Waals surface area contributed by atoms with Crippen LogP contribution in [0.1, 0.15) is 19.8 Å². The Kier molecular flexibility index (Phi) is 7.69. The van der Waals surface area contributed by atoms with Gasteiger partial charge in [-0.1, -0.05) is 0 Å². The fourth-order valence-electron chi connectivity index (χ4n) is 1.70. The number of amides is 1. The van der Waals surface area contributed by atoms with Gasteiger partial charge in [0, 0.05) is 19.3 Å². The fraction of sp³-hybridized carbons (Fsp3) is 0.467. The minimum absolute atomic E-state index is 0.107. The molecule has 0 saturated carbocycles. The molecular formula is C15H21N3O3. The average Bonchev–Trinajstić information content (AvgIpc) is 2.48. The van der Waals surface area contributed by atoms with E-state index in [1.165, 1.54) is 0 Å². The van der Waals surface area contributed by atoms with Crippen LogP contribution in [-0.4, -0.2) is 32.8 Å². The van der Waals surface area contributed by atoms with Crippen LogP contribution in [0.15, 0.2) is 18.2 Å². The van der Waals surface area contributed by atoms with Crippen LogP contribution in [0.3, 0.4) is 0 Å². The van der Waals surface area contributed by atoms with Gasteiger partial charge in [0.05, 0.1) is 37.8 Å². The van der Waals surface area contributed by atoms with Crippen LogP contribution in [0.5, 0.6) is 5.75 Å². The molecule has 21 heavy (non-hydrogen) atoms. The van der Waals surface area contributed by atoms with Crippen molar-refractivity contribution < 1.29 is 14.3 Å². The van der Waals surface area contributed by atoms with Crippen molar-refractivity contribution in [2.24, 2.45) is 0 Å². The lowest BCUT2D eigenvalue weighted by Crippen LogP contribution is -2.14. The normalized spacial score (nSPS) is 9.76. The van der Waals surface area contributed by atoms with Gasteiger partial charge in [0.15, 0.2) is 0 Å². The molecular weight excluding hydrogens is 270 g/mol. The summed E-state index contributed by atoms with van der Waals surface area (Å²) >= 11 is 0. The Morgan fingerprint density at radius 2 is 2.24 bits per heavy atom. The molecule has 0 atom stereocenters. The lowest BCUT2D eigenvalue weighted by Gasteiger charge is -2.14. The first kappa shape index (κ1) is 16.8. The van der Waals surface area contributed by atoms with E-state index in [0.717, 1.165) is 5.69 Å². The predicted octanol–water partition coefficient (Wildman–Crippen LogP) is 2.39. The third kappa shape index (κ3) is 6.15. The van der Waals surface area contributed by atoms with Crippen LogP contribution in [0.4, 0.5) is 11.4 Å². The smallest absolute Gasteiger partial charge is 0.226 e. The highest BCUT2D eigenvalue weighted by molar-refractivity contribution is 5.91.